The lowest BCUT2D eigenvalue weighted by Gasteiger charge is -2.13. The largest absolute Gasteiger partial charge is 0.416 e. The molecule has 3 rings (SSSR count). The van der Waals surface area contributed by atoms with Gasteiger partial charge in [-0.05, 0) is 36.8 Å². The maximum Gasteiger partial charge on any atom is 0.416 e. The molecule has 0 aliphatic heterocycles. The van der Waals surface area contributed by atoms with E-state index in [-0.39, 0.29) is 40.3 Å². The van der Waals surface area contributed by atoms with Gasteiger partial charge in [-0.15, -0.1) is 0 Å². The number of amides is 1. The van der Waals surface area contributed by atoms with Crippen molar-refractivity contribution < 1.29 is 23.1 Å². The van der Waals surface area contributed by atoms with Gasteiger partial charge < -0.3 is 10.4 Å². The van der Waals surface area contributed by atoms with Gasteiger partial charge in [0.05, 0.1) is 32.9 Å². The van der Waals surface area contributed by atoms with Gasteiger partial charge >= 0.3 is 6.18 Å². The molecule has 0 aliphatic carbocycles. The molecule has 2 aromatic carbocycles. The third kappa shape index (κ3) is 5.57. The molecule has 0 spiro atoms. The van der Waals surface area contributed by atoms with Crippen molar-refractivity contribution in [3.05, 3.63) is 63.4 Å². The molecule has 11 heteroatoms. The molecule has 31 heavy (non-hydrogen) atoms. The average molecular weight is 472 g/mol. The first-order valence-electron chi connectivity index (χ1n) is 9.10. The summed E-state index contributed by atoms with van der Waals surface area (Å²) in [7, 11) is 0. The fraction of sp³-hybridized carbons (Fsp3) is 0.250. The molecule has 0 fully saturated rings. The lowest BCUT2D eigenvalue weighted by atomic mass is 10.2. The van der Waals surface area contributed by atoms with Gasteiger partial charge in [-0.1, -0.05) is 35.5 Å². The van der Waals surface area contributed by atoms with Gasteiger partial charge in [-0.25, -0.2) is 4.98 Å². The lowest BCUT2D eigenvalue weighted by Crippen LogP contribution is -2.25. The second-order valence-corrected chi connectivity index (χ2v) is 7.82. The molecule has 6 nitrogen and oxygen atoms in total. The van der Waals surface area contributed by atoms with Crippen molar-refractivity contribution in [1.82, 2.24) is 9.55 Å². The van der Waals surface area contributed by atoms with E-state index in [4.69, 9.17) is 16.7 Å². The van der Waals surface area contributed by atoms with Gasteiger partial charge in [-0.2, -0.15) is 13.2 Å². The van der Waals surface area contributed by atoms with Crippen LogP contribution in [0.15, 0.2) is 52.4 Å². The Morgan fingerprint density at radius 3 is 2.68 bits per heavy atom. The highest BCUT2D eigenvalue weighted by Crippen LogP contribution is 2.34. The number of nitrogens with one attached hydrogen (secondary N) is 1. The number of carbonyl (C=O) groups excluding carboxylic acids is 1. The van der Waals surface area contributed by atoms with Gasteiger partial charge in [0.25, 0.3) is 5.56 Å². The molecular weight excluding hydrogens is 455 g/mol. The van der Waals surface area contributed by atoms with Crippen molar-refractivity contribution in [2.45, 2.75) is 24.3 Å². The Morgan fingerprint density at radius 2 is 1.97 bits per heavy atom. The Balaban J connectivity index is 1.81. The summed E-state index contributed by atoms with van der Waals surface area (Å²) in [6, 6.07) is 9.38. The summed E-state index contributed by atoms with van der Waals surface area (Å²) in [5.74, 6) is -0.821. The van der Waals surface area contributed by atoms with E-state index in [1.165, 1.54) is 4.57 Å². The quantitative estimate of drug-likeness (QED) is 0.399. The Bertz CT molecular complexity index is 1170. The smallest absolute Gasteiger partial charge is 0.396 e. The van der Waals surface area contributed by atoms with Gasteiger partial charge in [0.2, 0.25) is 5.91 Å². The van der Waals surface area contributed by atoms with E-state index in [2.05, 4.69) is 10.3 Å². The number of aliphatic hydroxyl groups excluding tert-OH is 1. The number of aliphatic hydroxyl groups is 1. The number of anilines is 1. The second-order valence-electron chi connectivity index (χ2n) is 6.47. The molecule has 0 atom stereocenters. The van der Waals surface area contributed by atoms with Crippen LogP contribution in [0.3, 0.4) is 0 Å². The minimum atomic E-state index is -4.57. The van der Waals surface area contributed by atoms with E-state index in [0.717, 1.165) is 30.0 Å². The van der Waals surface area contributed by atoms with Crippen LogP contribution in [-0.2, 0) is 17.5 Å². The molecule has 1 aromatic heterocycles. The zero-order chi connectivity index (χ0) is 22.6. The van der Waals surface area contributed by atoms with Crippen LogP contribution in [0.25, 0.3) is 10.9 Å². The van der Waals surface area contributed by atoms with Gasteiger partial charge in [0, 0.05) is 13.2 Å². The van der Waals surface area contributed by atoms with Crippen LogP contribution in [0.1, 0.15) is 12.0 Å². The number of hydrogen-bond acceptors (Lipinski definition) is 5. The SMILES string of the molecule is O=C(CSc1nc2ccccc2c(=O)n1CCCO)Nc1cc(C(F)(F)F)ccc1Cl. The first kappa shape index (κ1) is 23.1. The number of para-hydroxylation sites is 1. The predicted molar refractivity (Wildman–Crippen MR) is 114 cm³/mol. The van der Waals surface area contributed by atoms with Gasteiger partial charge in [-0.3, -0.25) is 14.2 Å². The molecule has 2 N–H and O–H groups in total. The summed E-state index contributed by atoms with van der Waals surface area (Å²) < 4.78 is 40.1. The van der Waals surface area contributed by atoms with Crippen molar-refractivity contribution in [3.63, 3.8) is 0 Å². The highest BCUT2D eigenvalue weighted by Gasteiger charge is 2.31. The van der Waals surface area contributed by atoms with E-state index >= 15 is 0 Å². The van der Waals surface area contributed by atoms with E-state index in [0.29, 0.717) is 17.3 Å². The van der Waals surface area contributed by atoms with Crippen LogP contribution < -0.4 is 10.9 Å². The standard InChI is InChI=1S/C20H17ClF3N3O3S/c21-14-7-6-12(20(22,23)24)10-16(14)25-17(29)11-31-19-26-15-5-2-1-4-13(15)18(30)27(19)8-3-9-28/h1-2,4-7,10,28H,3,8-9,11H2,(H,25,29). The summed E-state index contributed by atoms with van der Waals surface area (Å²) in [5.41, 5.74) is -0.945. The fourth-order valence-corrected chi connectivity index (χ4v) is 3.79. The number of benzene rings is 2. The summed E-state index contributed by atoms with van der Waals surface area (Å²) in [5, 5.41) is 12.1. The molecule has 0 radical (unpaired) electrons. The minimum absolute atomic E-state index is 0.0324. The van der Waals surface area contributed by atoms with E-state index < -0.39 is 17.6 Å². The molecule has 0 bridgehead atoms. The summed E-state index contributed by atoms with van der Waals surface area (Å²) >= 11 is 6.87. The van der Waals surface area contributed by atoms with Crippen LogP contribution in [0, 0.1) is 0 Å². The molecule has 3 aromatic rings. The van der Waals surface area contributed by atoms with Crippen LogP contribution >= 0.6 is 23.4 Å². The van der Waals surface area contributed by atoms with E-state index in [9.17, 15) is 22.8 Å². The monoisotopic (exact) mass is 471 g/mol. The number of thioether (sulfide) groups is 1. The number of fused-ring (bicyclic) bond motifs is 1. The number of nitrogens with zero attached hydrogens (tertiary/aromatic N) is 2. The third-order valence-electron chi connectivity index (χ3n) is 4.27. The molecule has 0 saturated heterocycles. The molecule has 1 heterocycles. The Labute approximate surface area is 184 Å². The number of aromatic nitrogens is 2. The van der Waals surface area contributed by atoms with Gasteiger partial charge in [0.15, 0.2) is 5.16 Å². The highest BCUT2D eigenvalue weighted by molar-refractivity contribution is 7.99. The molecule has 1 amide bonds. The lowest BCUT2D eigenvalue weighted by molar-refractivity contribution is -0.137. The number of halogens is 4. The van der Waals surface area contributed by atoms with Crippen LogP contribution in [0.2, 0.25) is 5.02 Å². The maximum absolute atomic E-state index is 12.9. The average Bonchev–Trinajstić information content (AvgIpc) is 2.72. The number of hydrogen-bond donors (Lipinski definition) is 2. The first-order chi connectivity index (χ1) is 14.7. The first-order valence-corrected chi connectivity index (χ1v) is 10.5. The van der Waals surface area contributed by atoms with Crippen molar-refractivity contribution in [2.75, 3.05) is 17.7 Å². The highest BCUT2D eigenvalue weighted by atomic mass is 35.5. The van der Waals surface area contributed by atoms with Crippen LogP contribution in [0.4, 0.5) is 18.9 Å². The molecular formula is C20H17ClF3N3O3S. The Kier molecular flexibility index (Phi) is 7.24. The van der Waals surface area contributed by atoms with E-state index in [1.54, 1.807) is 24.3 Å². The Hall–Kier alpha value is -2.56. The zero-order valence-electron chi connectivity index (χ0n) is 15.9. The molecule has 0 aliphatic rings. The third-order valence-corrected chi connectivity index (χ3v) is 5.57. The molecule has 164 valence electrons. The zero-order valence-corrected chi connectivity index (χ0v) is 17.5. The minimum Gasteiger partial charge on any atom is -0.396 e. The van der Waals surface area contributed by atoms with Crippen LogP contribution in [-0.4, -0.2) is 32.9 Å². The predicted octanol–water partition coefficient (Wildman–Crippen LogP) is 4.18. The number of alkyl halides is 3. The van der Waals surface area contributed by atoms with Crippen molar-refractivity contribution in [1.29, 1.82) is 0 Å². The molecule has 0 unspecified atom stereocenters. The van der Waals surface area contributed by atoms with Crippen LogP contribution in [0.5, 0.6) is 0 Å². The van der Waals surface area contributed by atoms with Crippen molar-refractivity contribution in [2.24, 2.45) is 0 Å². The summed E-state index contributed by atoms with van der Waals surface area (Å²) in [4.78, 5) is 29.5. The maximum atomic E-state index is 12.9. The van der Waals surface area contributed by atoms with E-state index in [1.807, 2.05) is 0 Å². The fourth-order valence-electron chi connectivity index (χ4n) is 2.80. The van der Waals surface area contributed by atoms with Crippen molar-refractivity contribution in [3.8, 4) is 0 Å². The van der Waals surface area contributed by atoms with Gasteiger partial charge in [0.1, 0.15) is 0 Å². The number of carbonyl (C=O) groups is 1. The second kappa shape index (κ2) is 9.71. The normalized spacial score (nSPS) is 11.6. The van der Waals surface area contributed by atoms with Crippen molar-refractivity contribution >= 4 is 45.9 Å². The summed E-state index contributed by atoms with van der Waals surface area (Å²) in [6.45, 7) is 0.0779. The molecule has 0 saturated carbocycles. The summed E-state index contributed by atoms with van der Waals surface area (Å²) in [6.07, 6.45) is -4.25. The topological polar surface area (TPSA) is 84.2 Å². The Morgan fingerprint density at radius 1 is 1.23 bits per heavy atom. The number of rotatable bonds is 7.